The summed E-state index contributed by atoms with van der Waals surface area (Å²) < 4.78 is 10.1. The van der Waals surface area contributed by atoms with Crippen LogP contribution in [0.4, 0.5) is 0 Å². The van der Waals surface area contributed by atoms with Crippen LogP contribution >= 0.6 is 0 Å². The monoisotopic (exact) mass is 168 g/mol. The third-order valence-corrected chi connectivity index (χ3v) is 1.27. The predicted octanol–water partition coefficient (Wildman–Crippen LogP) is 0.428. The molecule has 0 aliphatic rings. The van der Waals surface area contributed by atoms with E-state index in [0.29, 0.717) is 24.9 Å². The summed E-state index contributed by atoms with van der Waals surface area (Å²) in [5.74, 6) is 1.09. The molecule has 0 fully saturated rings. The Morgan fingerprint density at radius 2 is 2.17 bits per heavy atom. The van der Waals surface area contributed by atoms with Crippen molar-refractivity contribution in [1.82, 2.24) is 4.98 Å². The summed E-state index contributed by atoms with van der Waals surface area (Å²) in [6.45, 7) is 0.957. The summed E-state index contributed by atoms with van der Waals surface area (Å²) in [5, 5.41) is 0. The summed E-state index contributed by atoms with van der Waals surface area (Å²) in [5.41, 5.74) is 5.26. The van der Waals surface area contributed by atoms with Crippen molar-refractivity contribution in [1.29, 1.82) is 0 Å². The maximum atomic E-state index is 5.26. The van der Waals surface area contributed by atoms with Crippen LogP contribution in [0.1, 0.15) is 0 Å². The average Bonchev–Trinajstić information content (AvgIpc) is 2.15. The van der Waals surface area contributed by atoms with E-state index in [1.54, 1.807) is 19.2 Å². The fourth-order valence-electron chi connectivity index (χ4n) is 0.753. The summed E-state index contributed by atoms with van der Waals surface area (Å²) in [6, 6.07) is 5.34. The molecule has 1 aromatic heterocycles. The largest absolute Gasteiger partial charge is 0.481 e. The fraction of sp³-hybridized carbons (Fsp3) is 0.375. The molecule has 0 saturated carbocycles. The van der Waals surface area contributed by atoms with Crippen molar-refractivity contribution >= 4 is 0 Å². The molecule has 66 valence electrons. The normalized spacial score (nSPS) is 9.50. The lowest BCUT2D eigenvalue weighted by atomic mass is 10.5. The number of aromatic nitrogens is 1. The Morgan fingerprint density at radius 1 is 1.42 bits per heavy atom. The molecule has 4 nitrogen and oxygen atoms in total. The van der Waals surface area contributed by atoms with Gasteiger partial charge in [0.15, 0.2) is 0 Å². The van der Waals surface area contributed by atoms with E-state index in [1.165, 1.54) is 0 Å². The molecule has 0 aliphatic carbocycles. The highest BCUT2D eigenvalue weighted by Crippen LogP contribution is 2.12. The molecule has 0 aliphatic heterocycles. The predicted molar refractivity (Wildman–Crippen MR) is 45.3 cm³/mol. The number of pyridine rings is 1. The zero-order valence-corrected chi connectivity index (χ0v) is 6.99. The number of nitrogens with two attached hydrogens (primary N) is 1. The van der Waals surface area contributed by atoms with Crippen LogP contribution in [0.25, 0.3) is 0 Å². The lowest BCUT2D eigenvalue weighted by molar-refractivity contribution is 0.307. The Kier molecular flexibility index (Phi) is 3.35. The topological polar surface area (TPSA) is 57.4 Å². The molecule has 1 heterocycles. The first kappa shape index (κ1) is 8.80. The third-order valence-electron chi connectivity index (χ3n) is 1.27. The zero-order valence-electron chi connectivity index (χ0n) is 6.99. The van der Waals surface area contributed by atoms with Gasteiger partial charge in [-0.2, -0.15) is 4.98 Å². The van der Waals surface area contributed by atoms with Crippen molar-refractivity contribution in [3.8, 4) is 11.8 Å². The minimum atomic E-state index is 0.472. The Labute approximate surface area is 71.3 Å². The van der Waals surface area contributed by atoms with Gasteiger partial charge in [-0.1, -0.05) is 6.07 Å². The first-order chi connectivity index (χ1) is 5.86. The van der Waals surface area contributed by atoms with E-state index in [9.17, 15) is 0 Å². The molecule has 4 heteroatoms. The minimum Gasteiger partial charge on any atom is -0.481 e. The quantitative estimate of drug-likeness (QED) is 0.708. The van der Waals surface area contributed by atoms with Crippen LogP contribution in [0, 0.1) is 0 Å². The van der Waals surface area contributed by atoms with Gasteiger partial charge in [0.2, 0.25) is 11.8 Å². The molecule has 0 atom stereocenters. The molecule has 2 N–H and O–H groups in total. The van der Waals surface area contributed by atoms with Crippen molar-refractivity contribution < 1.29 is 9.47 Å². The van der Waals surface area contributed by atoms with Gasteiger partial charge in [-0.15, -0.1) is 0 Å². The highest BCUT2D eigenvalue weighted by atomic mass is 16.5. The second-order valence-corrected chi connectivity index (χ2v) is 2.16. The zero-order chi connectivity index (χ0) is 8.81. The van der Waals surface area contributed by atoms with Gasteiger partial charge in [-0.3, -0.25) is 0 Å². The van der Waals surface area contributed by atoms with Gasteiger partial charge in [0.05, 0.1) is 7.11 Å². The van der Waals surface area contributed by atoms with Crippen LogP contribution in [0.5, 0.6) is 11.8 Å². The first-order valence-corrected chi connectivity index (χ1v) is 3.70. The average molecular weight is 168 g/mol. The van der Waals surface area contributed by atoms with E-state index < -0.39 is 0 Å². The smallest absolute Gasteiger partial charge is 0.216 e. The number of rotatable bonds is 4. The molecular formula is C8H12N2O2. The molecule has 0 amide bonds. The molecule has 0 aromatic carbocycles. The highest BCUT2D eigenvalue weighted by Gasteiger charge is 1.96. The Morgan fingerprint density at radius 3 is 2.83 bits per heavy atom. The fourth-order valence-corrected chi connectivity index (χ4v) is 0.753. The van der Waals surface area contributed by atoms with E-state index in [-0.39, 0.29) is 0 Å². The molecule has 0 radical (unpaired) electrons. The summed E-state index contributed by atoms with van der Waals surface area (Å²) in [6.07, 6.45) is 0. The van der Waals surface area contributed by atoms with Crippen molar-refractivity contribution in [2.24, 2.45) is 5.73 Å². The second-order valence-electron chi connectivity index (χ2n) is 2.16. The van der Waals surface area contributed by atoms with Gasteiger partial charge in [-0.25, -0.2) is 0 Å². The van der Waals surface area contributed by atoms with Gasteiger partial charge in [0.25, 0.3) is 0 Å². The van der Waals surface area contributed by atoms with Gasteiger partial charge < -0.3 is 15.2 Å². The van der Waals surface area contributed by atoms with Crippen molar-refractivity contribution in [3.63, 3.8) is 0 Å². The summed E-state index contributed by atoms with van der Waals surface area (Å²) >= 11 is 0. The van der Waals surface area contributed by atoms with Crippen LogP contribution < -0.4 is 15.2 Å². The van der Waals surface area contributed by atoms with Crippen LogP contribution in [0.2, 0.25) is 0 Å². The lowest BCUT2D eigenvalue weighted by Gasteiger charge is -2.03. The van der Waals surface area contributed by atoms with Gasteiger partial charge in [0, 0.05) is 18.7 Å². The minimum absolute atomic E-state index is 0.472. The van der Waals surface area contributed by atoms with Gasteiger partial charge in [0.1, 0.15) is 6.61 Å². The van der Waals surface area contributed by atoms with Gasteiger partial charge in [-0.05, 0) is 0 Å². The standard InChI is InChI=1S/C8H12N2O2/c1-11-7-3-2-4-8(10-7)12-6-5-9/h2-4H,5-6,9H2,1H3. The Hall–Kier alpha value is -1.29. The molecular weight excluding hydrogens is 156 g/mol. The van der Waals surface area contributed by atoms with E-state index in [1.807, 2.05) is 6.07 Å². The van der Waals surface area contributed by atoms with Crippen molar-refractivity contribution in [2.75, 3.05) is 20.3 Å². The number of nitrogens with zero attached hydrogens (tertiary/aromatic N) is 1. The van der Waals surface area contributed by atoms with E-state index in [0.717, 1.165) is 0 Å². The Balaban J connectivity index is 2.60. The second kappa shape index (κ2) is 4.56. The van der Waals surface area contributed by atoms with Crippen molar-refractivity contribution in [3.05, 3.63) is 18.2 Å². The molecule has 12 heavy (non-hydrogen) atoms. The lowest BCUT2D eigenvalue weighted by Crippen LogP contribution is -2.11. The van der Waals surface area contributed by atoms with E-state index in [2.05, 4.69) is 4.98 Å². The first-order valence-electron chi connectivity index (χ1n) is 3.70. The summed E-state index contributed by atoms with van der Waals surface area (Å²) in [7, 11) is 1.56. The molecule has 0 bridgehead atoms. The molecule has 0 saturated heterocycles. The number of methoxy groups -OCH3 is 1. The number of hydrogen-bond donors (Lipinski definition) is 1. The number of ether oxygens (including phenoxy) is 2. The maximum Gasteiger partial charge on any atom is 0.216 e. The summed E-state index contributed by atoms with van der Waals surface area (Å²) in [4.78, 5) is 4.03. The SMILES string of the molecule is COc1cccc(OCCN)n1. The van der Waals surface area contributed by atoms with Gasteiger partial charge >= 0.3 is 0 Å². The Bertz CT molecular complexity index is 240. The van der Waals surface area contributed by atoms with Crippen LogP contribution in [0.3, 0.4) is 0 Å². The molecule has 1 rings (SSSR count). The van der Waals surface area contributed by atoms with E-state index >= 15 is 0 Å². The highest BCUT2D eigenvalue weighted by molar-refractivity contribution is 5.19. The van der Waals surface area contributed by atoms with Crippen molar-refractivity contribution in [2.45, 2.75) is 0 Å². The molecule has 0 spiro atoms. The van der Waals surface area contributed by atoms with E-state index in [4.69, 9.17) is 15.2 Å². The van der Waals surface area contributed by atoms with Crippen LogP contribution in [-0.2, 0) is 0 Å². The molecule has 1 aromatic rings. The maximum absolute atomic E-state index is 5.26. The number of hydrogen-bond acceptors (Lipinski definition) is 4. The van der Waals surface area contributed by atoms with Crippen LogP contribution in [-0.4, -0.2) is 25.2 Å². The third kappa shape index (κ3) is 2.39. The van der Waals surface area contributed by atoms with Crippen LogP contribution in [0.15, 0.2) is 18.2 Å². The molecule has 0 unspecified atom stereocenters.